The van der Waals surface area contributed by atoms with Gasteiger partial charge in [-0.1, -0.05) is 37.3 Å². The van der Waals surface area contributed by atoms with Gasteiger partial charge in [-0.15, -0.1) is 0 Å². The van der Waals surface area contributed by atoms with Crippen LogP contribution < -0.4 is 10.6 Å². The predicted molar refractivity (Wildman–Crippen MR) is 105 cm³/mol. The van der Waals surface area contributed by atoms with Crippen LogP contribution in [0.3, 0.4) is 0 Å². The van der Waals surface area contributed by atoms with Crippen LogP contribution in [0, 0.1) is 0 Å². The number of hydrogen-bond donors (Lipinski definition) is 2. The highest BCUT2D eigenvalue weighted by Crippen LogP contribution is 2.19. The Morgan fingerprint density at radius 1 is 0.929 bits per heavy atom. The van der Waals surface area contributed by atoms with E-state index in [1.165, 1.54) is 0 Å². The minimum absolute atomic E-state index is 0.0520. The molecular formula is C20H30N4O4. The van der Waals surface area contributed by atoms with Crippen LogP contribution in [0.5, 0.6) is 0 Å². The number of carbonyl (C=O) groups is 2. The van der Waals surface area contributed by atoms with E-state index in [-0.39, 0.29) is 24.0 Å². The molecule has 2 aliphatic heterocycles. The summed E-state index contributed by atoms with van der Waals surface area (Å²) in [7, 11) is 0. The third kappa shape index (κ3) is 5.59. The highest BCUT2D eigenvalue weighted by atomic mass is 16.5. The molecule has 2 heterocycles. The lowest BCUT2D eigenvalue weighted by atomic mass is 9.93. The smallest absolute Gasteiger partial charge is 0.317 e. The summed E-state index contributed by atoms with van der Waals surface area (Å²) in [6.07, 6.45) is 0. The fraction of sp³-hybridized carbons (Fsp3) is 0.600. The van der Waals surface area contributed by atoms with E-state index < -0.39 is 0 Å². The van der Waals surface area contributed by atoms with Crippen molar-refractivity contribution in [1.29, 1.82) is 0 Å². The third-order valence-corrected chi connectivity index (χ3v) is 5.31. The second-order valence-corrected chi connectivity index (χ2v) is 7.14. The first-order chi connectivity index (χ1) is 13.6. The molecule has 0 radical (unpaired) electrons. The molecule has 0 bridgehead atoms. The van der Waals surface area contributed by atoms with Crippen LogP contribution in [0.15, 0.2) is 30.3 Å². The van der Waals surface area contributed by atoms with E-state index in [9.17, 15) is 9.59 Å². The molecule has 2 N–H and O–H groups in total. The second-order valence-electron chi connectivity index (χ2n) is 7.14. The van der Waals surface area contributed by atoms with Crippen molar-refractivity contribution in [2.75, 3.05) is 59.2 Å². The molecule has 0 unspecified atom stereocenters. The van der Waals surface area contributed by atoms with Crippen LogP contribution in [0.25, 0.3) is 0 Å². The highest BCUT2D eigenvalue weighted by molar-refractivity contribution is 5.76. The lowest BCUT2D eigenvalue weighted by Crippen LogP contribution is -2.55. The van der Waals surface area contributed by atoms with Crippen LogP contribution >= 0.6 is 0 Å². The number of ether oxygens (including phenoxy) is 2. The molecule has 1 aromatic carbocycles. The maximum absolute atomic E-state index is 12.7. The van der Waals surface area contributed by atoms with Gasteiger partial charge in [0.2, 0.25) is 0 Å². The van der Waals surface area contributed by atoms with Gasteiger partial charge in [0.1, 0.15) is 0 Å². The van der Waals surface area contributed by atoms with Gasteiger partial charge in [0.05, 0.1) is 32.5 Å². The molecule has 3 rings (SSSR count). The Balaban J connectivity index is 1.63. The van der Waals surface area contributed by atoms with Gasteiger partial charge in [-0.25, -0.2) is 9.59 Å². The molecule has 4 amide bonds. The average molecular weight is 390 g/mol. The molecule has 0 aliphatic carbocycles. The summed E-state index contributed by atoms with van der Waals surface area (Å²) in [6, 6.07) is 9.58. The van der Waals surface area contributed by atoms with Gasteiger partial charge in [-0.2, -0.15) is 0 Å². The standard InChI is InChI=1S/C20H30N4O4/c1-16(17-5-3-2-4-6-17)18(22-20(26)24-9-13-28-14-10-24)15-21-19(25)23-7-11-27-12-8-23/h2-6,16,18H,7-15H2,1H3,(H,21,25)(H,22,26)/t16-,18-/m0/s1. The van der Waals surface area contributed by atoms with Crippen LogP contribution in [-0.4, -0.2) is 87.1 Å². The summed E-state index contributed by atoms with van der Waals surface area (Å²) in [5, 5.41) is 6.10. The molecule has 1 aromatic rings. The average Bonchev–Trinajstić information content (AvgIpc) is 2.77. The Labute approximate surface area is 166 Å². The zero-order valence-corrected chi connectivity index (χ0v) is 16.4. The third-order valence-electron chi connectivity index (χ3n) is 5.31. The minimum Gasteiger partial charge on any atom is -0.378 e. The Kier molecular flexibility index (Phi) is 7.50. The zero-order valence-electron chi connectivity index (χ0n) is 16.4. The summed E-state index contributed by atoms with van der Waals surface area (Å²) in [4.78, 5) is 28.7. The number of urea groups is 2. The number of nitrogens with zero attached hydrogens (tertiary/aromatic N) is 2. The molecule has 0 spiro atoms. The minimum atomic E-state index is -0.220. The van der Waals surface area contributed by atoms with E-state index in [0.717, 1.165) is 5.56 Å². The Morgan fingerprint density at radius 3 is 2.04 bits per heavy atom. The van der Waals surface area contributed by atoms with Crippen molar-refractivity contribution >= 4 is 12.1 Å². The monoisotopic (exact) mass is 390 g/mol. The first-order valence-electron chi connectivity index (χ1n) is 9.94. The predicted octanol–water partition coefficient (Wildman–Crippen LogP) is 1.24. The maximum atomic E-state index is 12.7. The normalized spacial score (nSPS) is 19.6. The first kappa shape index (κ1) is 20.4. The van der Waals surface area contributed by atoms with Crippen molar-refractivity contribution in [2.24, 2.45) is 0 Å². The summed E-state index contributed by atoms with van der Waals surface area (Å²) >= 11 is 0. The first-order valence-corrected chi connectivity index (χ1v) is 9.94. The van der Waals surface area contributed by atoms with Crippen molar-refractivity contribution in [2.45, 2.75) is 18.9 Å². The molecule has 0 saturated carbocycles. The van der Waals surface area contributed by atoms with Crippen LogP contribution in [-0.2, 0) is 9.47 Å². The van der Waals surface area contributed by atoms with Crippen molar-refractivity contribution in [3.05, 3.63) is 35.9 Å². The summed E-state index contributed by atoms with van der Waals surface area (Å²) < 4.78 is 10.6. The van der Waals surface area contributed by atoms with Gasteiger partial charge in [0.25, 0.3) is 0 Å². The molecule has 2 aliphatic rings. The van der Waals surface area contributed by atoms with E-state index in [1.807, 2.05) is 30.3 Å². The van der Waals surface area contributed by atoms with Gasteiger partial charge in [-0.3, -0.25) is 0 Å². The lowest BCUT2D eigenvalue weighted by molar-refractivity contribution is 0.0513. The molecule has 8 nitrogen and oxygen atoms in total. The molecule has 28 heavy (non-hydrogen) atoms. The Bertz CT molecular complexity index is 630. The van der Waals surface area contributed by atoms with Crippen molar-refractivity contribution < 1.29 is 19.1 Å². The Morgan fingerprint density at radius 2 is 1.46 bits per heavy atom. The number of amides is 4. The topological polar surface area (TPSA) is 83.1 Å². The van der Waals surface area contributed by atoms with Crippen LogP contribution in [0.1, 0.15) is 18.4 Å². The van der Waals surface area contributed by atoms with E-state index in [2.05, 4.69) is 17.6 Å². The largest absolute Gasteiger partial charge is 0.378 e. The number of benzene rings is 1. The lowest BCUT2D eigenvalue weighted by Gasteiger charge is -2.33. The molecule has 154 valence electrons. The summed E-state index contributed by atoms with van der Waals surface area (Å²) in [6.45, 7) is 7.01. The fourth-order valence-corrected chi connectivity index (χ4v) is 3.43. The van der Waals surface area contributed by atoms with Gasteiger partial charge >= 0.3 is 12.1 Å². The number of morpholine rings is 2. The van der Waals surface area contributed by atoms with Crippen molar-refractivity contribution in [1.82, 2.24) is 20.4 Å². The number of carbonyl (C=O) groups excluding carboxylic acids is 2. The van der Waals surface area contributed by atoms with E-state index >= 15 is 0 Å². The SMILES string of the molecule is C[C@@H](c1ccccc1)[C@H](CNC(=O)N1CCOCC1)NC(=O)N1CCOCC1. The zero-order chi connectivity index (χ0) is 19.8. The van der Waals surface area contributed by atoms with E-state index in [0.29, 0.717) is 59.2 Å². The van der Waals surface area contributed by atoms with E-state index in [1.54, 1.807) is 9.80 Å². The summed E-state index contributed by atoms with van der Waals surface area (Å²) in [5.74, 6) is 0.0520. The number of hydrogen-bond acceptors (Lipinski definition) is 4. The van der Waals surface area contributed by atoms with Crippen LogP contribution in [0.2, 0.25) is 0 Å². The molecule has 2 saturated heterocycles. The molecule has 8 heteroatoms. The molecule has 2 atom stereocenters. The second kappa shape index (κ2) is 10.3. The molecule has 2 fully saturated rings. The quantitative estimate of drug-likeness (QED) is 0.793. The molecular weight excluding hydrogens is 360 g/mol. The number of rotatable bonds is 5. The number of nitrogens with one attached hydrogen (secondary N) is 2. The van der Waals surface area contributed by atoms with Gasteiger partial charge in [-0.05, 0) is 5.56 Å². The van der Waals surface area contributed by atoms with Crippen molar-refractivity contribution in [3.63, 3.8) is 0 Å². The summed E-state index contributed by atoms with van der Waals surface area (Å²) in [5.41, 5.74) is 1.12. The van der Waals surface area contributed by atoms with E-state index in [4.69, 9.17) is 9.47 Å². The van der Waals surface area contributed by atoms with Gasteiger partial charge in [0.15, 0.2) is 0 Å². The maximum Gasteiger partial charge on any atom is 0.317 e. The van der Waals surface area contributed by atoms with Gasteiger partial charge < -0.3 is 29.9 Å². The Hall–Kier alpha value is -2.32. The highest BCUT2D eigenvalue weighted by Gasteiger charge is 2.26. The molecule has 0 aromatic heterocycles. The van der Waals surface area contributed by atoms with Gasteiger partial charge in [0, 0.05) is 38.6 Å². The fourth-order valence-electron chi connectivity index (χ4n) is 3.43. The van der Waals surface area contributed by atoms with Crippen LogP contribution in [0.4, 0.5) is 9.59 Å². The van der Waals surface area contributed by atoms with Crippen molar-refractivity contribution in [3.8, 4) is 0 Å².